The molecule has 2 aromatic heterocycles. The zero-order chi connectivity index (χ0) is 20.6. The summed E-state index contributed by atoms with van der Waals surface area (Å²) in [6.07, 6.45) is 1.15. The minimum Gasteiger partial charge on any atom is -0.379 e. The van der Waals surface area contributed by atoms with E-state index < -0.39 is 11.7 Å². The zero-order valence-electron chi connectivity index (χ0n) is 16.8. The van der Waals surface area contributed by atoms with Crippen LogP contribution in [-0.4, -0.2) is 52.0 Å². The van der Waals surface area contributed by atoms with Gasteiger partial charge in [0.1, 0.15) is 0 Å². The lowest BCUT2D eigenvalue weighted by molar-refractivity contribution is -0.137. The molecule has 5 nitrogen and oxygen atoms in total. The molecule has 1 saturated heterocycles. The first-order chi connectivity index (χ1) is 13.8. The summed E-state index contributed by atoms with van der Waals surface area (Å²) in [6, 6.07) is 3.77. The van der Waals surface area contributed by atoms with Gasteiger partial charge in [0.25, 0.3) is 0 Å². The minimum absolute atomic E-state index is 0.139. The molecule has 0 spiro atoms. The molecule has 1 aliphatic carbocycles. The first-order valence-electron chi connectivity index (χ1n) is 10.3. The molecule has 2 aromatic rings. The monoisotopic (exact) mass is 408 g/mol. The lowest BCUT2D eigenvalue weighted by Gasteiger charge is -2.32. The molecule has 4 rings (SSSR count). The van der Waals surface area contributed by atoms with E-state index in [4.69, 9.17) is 4.74 Å². The van der Waals surface area contributed by atoms with E-state index in [9.17, 15) is 13.2 Å². The molecule has 2 atom stereocenters. The molecular formula is C21H27F3N4O. The van der Waals surface area contributed by atoms with Crippen molar-refractivity contribution in [2.45, 2.75) is 57.3 Å². The van der Waals surface area contributed by atoms with Crippen LogP contribution in [0.4, 0.5) is 13.2 Å². The van der Waals surface area contributed by atoms with Crippen LogP contribution in [0.1, 0.15) is 56.3 Å². The summed E-state index contributed by atoms with van der Waals surface area (Å²) < 4.78 is 46.7. The van der Waals surface area contributed by atoms with Gasteiger partial charge >= 0.3 is 6.18 Å². The molecule has 0 unspecified atom stereocenters. The standard InChI is InChI=1S/C21H27F3N4O/c1-14(2)28-20(15-3-4-18(10-15)27-5-7-29-8-6-27)11-19(26-28)16-9-17(13-25-12-16)21(22,23)24/h9,11-15,18H,3-8,10H2,1-2H3/t15-,18-/m1/s1. The molecule has 29 heavy (non-hydrogen) atoms. The third kappa shape index (κ3) is 4.33. The molecule has 8 heteroatoms. The largest absolute Gasteiger partial charge is 0.417 e. The fourth-order valence-electron chi connectivity index (χ4n) is 4.50. The van der Waals surface area contributed by atoms with E-state index in [1.807, 2.05) is 10.7 Å². The smallest absolute Gasteiger partial charge is 0.379 e. The Hall–Kier alpha value is -1.93. The van der Waals surface area contributed by atoms with E-state index in [0.717, 1.165) is 63.5 Å². The Labute approximate surface area is 168 Å². The van der Waals surface area contributed by atoms with Gasteiger partial charge in [-0.05, 0) is 45.2 Å². The fraction of sp³-hybridized carbons (Fsp3) is 0.619. The third-order valence-electron chi connectivity index (χ3n) is 6.00. The summed E-state index contributed by atoms with van der Waals surface area (Å²) >= 11 is 0. The second-order valence-corrected chi connectivity index (χ2v) is 8.26. The van der Waals surface area contributed by atoms with Crippen LogP contribution >= 0.6 is 0 Å². The number of pyridine rings is 1. The van der Waals surface area contributed by atoms with Crippen molar-refractivity contribution in [3.05, 3.63) is 35.8 Å². The van der Waals surface area contributed by atoms with Gasteiger partial charge in [0.05, 0.1) is 24.5 Å². The normalized spacial score (nSPS) is 23.8. The van der Waals surface area contributed by atoms with Crippen LogP contribution in [0.25, 0.3) is 11.3 Å². The first kappa shape index (κ1) is 20.3. The Morgan fingerprint density at radius 1 is 1.10 bits per heavy atom. The first-order valence-corrected chi connectivity index (χ1v) is 10.3. The van der Waals surface area contributed by atoms with Crippen LogP contribution in [0.5, 0.6) is 0 Å². The maximum absolute atomic E-state index is 13.1. The summed E-state index contributed by atoms with van der Waals surface area (Å²) in [5, 5.41) is 4.66. The molecule has 0 aromatic carbocycles. The highest BCUT2D eigenvalue weighted by molar-refractivity contribution is 5.59. The van der Waals surface area contributed by atoms with Gasteiger partial charge in [-0.3, -0.25) is 14.6 Å². The summed E-state index contributed by atoms with van der Waals surface area (Å²) in [6.45, 7) is 7.64. The lowest BCUT2D eigenvalue weighted by Crippen LogP contribution is -2.42. The molecule has 0 amide bonds. The summed E-state index contributed by atoms with van der Waals surface area (Å²) in [4.78, 5) is 6.31. The highest BCUT2D eigenvalue weighted by atomic mass is 19.4. The maximum Gasteiger partial charge on any atom is 0.417 e. The van der Waals surface area contributed by atoms with Crippen LogP contribution in [0.3, 0.4) is 0 Å². The predicted octanol–water partition coefficient (Wildman–Crippen LogP) is 4.51. The number of ether oxygens (including phenoxy) is 1. The van der Waals surface area contributed by atoms with Crippen molar-refractivity contribution in [2.24, 2.45) is 0 Å². The van der Waals surface area contributed by atoms with Gasteiger partial charge in [0.15, 0.2) is 0 Å². The van der Waals surface area contributed by atoms with Crippen LogP contribution in [-0.2, 0) is 10.9 Å². The van der Waals surface area contributed by atoms with Gasteiger partial charge in [-0.1, -0.05) is 0 Å². The maximum atomic E-state index is 13.1. The molecule has 2 fully saturated rings. The van der Waals surface area contributed by atoms with Crippen molar-refractivity contribution < 1.29 is 17.9 Å². The van der Waals surface area contributed by atoms with Crippen LogP contribution in [0.15, 0.2) is 24.5 Å². The summed E-state index contributed by atoms with van der Waals surface area (Å²) in [5.41, 5.74) is 1.33. The molecule has 0 bridgehead atoms. The van der Waals surface area contributed by atoms with Gasteiger partial charge in [-0.2, -0.15) is 18.3 Å². The molecule has 158 valence electrons. The Bertz CT molecular complexity index is 843. The van der Waals surface area contributed by atoms with Crippen LogP contribution in [0.2, 0.25) is 0 Å². The van der Waals surface area contributed by atoms with Gasteiger partial charge in [-0.15, -0.1) is 0 Å². The fourth-order valence-corrected chi connectivity index (χ4v) is 4.50. The van der Waals surface area contributed by atoms with E-state index in [2.05, 4.69) is 28.8 Å². The quantitative estimate of drug-likeness (QED) is 0.747. The van der Waals surface area contributed by atoms with Crippen molar-refractivity contribution in [1.82, 2.24) is 19.7 Å². The van der Waals surface area contributed by atoms with Crippen molar-refractivity contribution in [1.29, 1.82) is 0 Å². The number of halogens is 3. The Kier molecular flexibility index (Phi) is 5.66. The Morgan fingerprint density at radius 3 is 2.55 bits per heavy atom. The second kappa shape index (κ2) is 8.07. The van der Waals surface area contributed by atoms with Crippen molar-refractivity contribution in [3.63, 3.8) is 0 Å². The number of nitrogens with zero attached hydrogens (tertiary/aromatic N) is 4. The number of rotatable bonds is 4. The van der Waals surface area contributed by atoms with E-state index in [-0.39, 0.29) is 6.04 Å². The Balaban J connectivity index is 1.59. The highest BCUT2D eigenvalue weighted by Gasteiger charge is 2.34. The highest BCUT2D eigenvalue weighted by Crippen LogP contribution is 2.39. The van der Waals surface area contributed by atoms with Crippen molar-refractivity contribution in [3.8, 4) is 11.3 Å². The number of hydrogen-bond donors (Lipinski definition) is 0. The van der Waals surface area contributed by atoms with Gasteiger partial charge in [-0.25, -0.2) is 0 Å². The number of aromatic nitrogens is 3. The zero-order valence-corrected chi connectivity index (χ0v) is 16.8. The predicted molar refractivity (Wildman–Crippen MR) is 104 cm³/mol. The van der Waals surface area contributed by atoms with Crippen molar-refractivity contribution >= 4 is 0 Å². The van der Waals surface area contributed by atoms with Gasteiger partial charge in [0.2, 0.25) is 0 Å². The minimum atomic E-state index is -4.41. The SMILES string of the molecule is CC(C)n1nc(-c2cncc(C(F)(F)F)c2)cc1[C@@H]1CC[C@@H](N2CCOCC2)C1. The summed E-state index contributed by atoms with van der Waals surface area (Å²) in [5.74, 6) is 0.366. The molecule has 2 aliphatic rings. The van der Waals surface area contributed by atoms with Crippen LogP contribution < -0.4 is 0 Å². The average molecular weight is 408 g/mol. The molecule has 1 saturated carbocycles. The second-order valence-electron chi connectivity index (χ2n) is 8.26. The molecule has 1 aliphatic heterocycles. The molecule has 3 heterocycles. The molecular weight excluding hydrogens is 381 g/mol. The average Bonchev–Trinajstić information content (AvgIpc) is 3.35. The van der Waals surface area contributed by atoms with Gasteiger partial charge < -0.3 is 4.74 Å². The third-order valence-corrected chi connectivity index (χ3v) is 6.00. The molecule has 0 radical (unpaired) electrons. The number of morpholine rings is 1. The Morgan fingerprint density at radius 2 is 1.86 bits per heavy atom. The van der Waals surface area contributed by atoms with Crippen molar-refractivity contribution in [2.75, 3.05) is 26.3 Å². The number of hydrogen-bond acceptors (Lipinski definition) is 4. The van der Waals surface area contributed by atoms with Gasteiger partial charge in [0, 0.05) is 54.7 Å². The van der Waals surface area contributed by atoms with Crippen LogP contribution in [0, 0.1) is 0 Å². The molecule has 0 N–H and O–H groups in total. The summed E-state index contributed by atoms with van der Waals surface area (Å²) in [7, 11) is 0. The van der Waals surface area contributed by atoms with E-state index in [0.29, 0.717) is 23.2 Å². The van der Waals surface area contributed by atoms with E-state index >= 15 is 0 Å². The van der Waals surface area contributed by atoms with E-state index in [1.165, 1.54) is 6.20 Å². The topological polar surface area (TPSA) is 43.2 Å². The number of alkyl halides is 3. The van der Waals surface area contributed by atoms with E-state index in [1.54, 1.807) is 0 Å². The lowest BCUT2D eigenvalue weighted by atomic mass is 10.0.